The highest BCUT2D eigenvalue weighted by Gasteiger charge is 2.34. The van der Waals surface area contributed by atoms with Crippen molar-refractivity contribution in [1.82, 2.24) is 0 Å². The number of alkyl halides is 3. The lowest BCUT2D eigenvalue weighted by atomic mass is 9.75. The van der Waals surface area contributed by atoms with Crippen LogP contribution < -0.4 is 4.74 Å². The van der Waals surface area contributed by atoms with Crippen LogP contribution in [0.2, 0.25) is 0 Å². The summed E-state index contributed by atoms with van der Waals surface area (Å²) in [6, 6.07) is 1.92. The molecule has 0 bridgehead atoms. The van der Waals surface area contributed by atoms with Crippen LogP contribution in [-0.4, -0.2) is 6.36 Å². The summed E-state index contributed by atoms with van der Waals surface area (Å²) in [5.74, 6) is -0.853. The van der Waals surface area contributed by atoms with Crippen molar-refractivity contribution in [3.63, 3.8) is 0 Å². The minimum absolute atomic E-state index is 0.383. The topological polar surface area (TPSA) is 9.23 Å². The van der Waals surface area contributed by atoms with E-state index in [1.165, 1.54) is 51.4 Å². The van der Waals surface area contributed by atoms with Gasteiger partial charge >= 0.3 is 6.36 Å². The predicted molar refractivity (Wildman–Crippen MR) is 107 cm³/mol. The van der Waals surface area contributed by atoms with E-state index in [0.717, 1.165) is 49.1 Å². The summed E-state index contributed by atoms with van der Waals surface area (Å²) in [7, 11) is 0. The maximum Gasteiger partial charge on any atom is 0.573 e. The molecule has 0 saturated heterocycles. The van der Waals surface area contributed by atoms with Crippen LogP contribution in [0.25, 0.3) is 0 Å². The second kappa shape index (κ2) is 10.3. The molecular formula is C24H33F5O. The molecule has 170 valence electrons. The van der Waals surface area contributed by atoms with Crippen LogP contribution >= 0.6 is 0 Å². The van der Waals surface area contributed by atoms with Gasteiger partial charge in [0, 0.05) is 0 Å². The molecule has 2 fully saturated rings. The first-order valence-electron chi connectivity index (χ1n) is 11.4. The number of halogens is 5. The number of benzene rings is 1. The standard InChI is InChI=1S/C24H33F5O/c1-16-2-4-17(5-3-16)6-7-18-8-10-19(11-9-18)12-13-20-14-21(25)23(22(26)15-20)30-24(27,28)29/h14-19H,2-13H2,1H3. The highest BCUT2D eigenvalue weighted by Crippen LogP contribution is 2.38. The van der Waals surface area contributed by atoms with Crippen LogP contribution in [-0.2, 0) is 6.42 Å². The lowest BCUT2D eigenvalue weighted by Gasteiger charge is -2.31. The molecule has 1 aromatic carbocycles. The summed E-state index contributed by atoms with van der Waals surface area (Å²) in [5, 5.41) is 0. The van der Waals surface area contributed by atoms with E-state index in [1.54, 1.807) is 0 Å². The van der Waals surface area contributed by atoms with Crippen molar-refractivity contribution in [3.05, 3.63) is 29.3 Å². The summed E-state index contributed by atoms with van der Waals surface area (Å²) in [6.45, 7) is 2.35. The molecule has 2 saturated carbocycles. The lowest BCUT2D eigenvalue weighted by Crippen LogP contribution is -2.19. The molecule has 0 spiro atoms. The van der Waals surface area contributed by atoms with Gasteiger partial charge < -0.3 is 4.74 Å². The Bertz CT molecular complexity index is 648. The van der Waals surface area contributed by atoms with Gasteiger partial charge in [0.25, 0.3) is 0 Å². The van der Waals surface area contributed by atoms with E-state index in [0.29, 0.717) is 17.9 Å². The normalized spacial score (nSPS) is 27.8. The van der Waals surface area contributed by atoms with Gasteiger partial charge in [0.15, 0.2) is 11.6 Å². The summed E-state index contributed by atoms with van der Waals surface area (Å²) in [4.78, 5) is 0. The molecule has 3 rings (SSSR count). The third-order valence-corrected chi connectivity index (χ3v) is 7.20. The van der Waals surface area contributed by atoms with Gasteiger partial charge in [-0.05, 0) is 54.2 Å². The zero-order valence-corrected chi connectivity index (χ0v) is 17.7. The van der Waals surface area contributed by atoms with Gasteiger partial charge in [-0.2, -0.15) is 0 Å². The highest BCUT2D eigenvalue weighted by atomic mass is 19.4. The van der Waals surface area contributed by atoms with E-state index < -0.39 is 23.7 Å². The zero-order chi connectivity index (χ0) is 21.7. The Morgan fingerprint density at radius 2 is 1.20 bits per heavy atom. The van der Waals surface area contributed by atoms with Crippen molar-refractivity contribution >= 4 is 0 Å². The second-order valence-corrected chi connectivity index (χ2v) is 9.57. The maximum absolute atomic E-state index is 13.9. The molecule has 30 heavy (non-hydrogen) atoms. The molecule has 0 aromatic heterocycles. The first kappa shape index (κ1) is 23.3. The highest BCUT2D eigenvalue weighted by molar-refractivity contribution is 5.31. The van der Waals surface area contributed by atoms with Crippen LogP contribution in [0, 0.1) is 35.3 Å². The molecule has 0 unspecified atom stereocenters. The first-order chi connectivity index (χ1) is 14.2. The summed E-state index contributed by atoms with van der Waals surface area (Å²) < 4.78 is 67.9. The third-order valence-electron chi connectivity index (χ3n) is 7.20. The monoisotopic (exact) mass is 432 g/mol. The van der Waals surface area contributed by atoms with Crippen molar-refractivity contribution in [1.29, 1.82) is 0 Å². The van der Waals surface area contributed by atoms with E-state index in [9.17, 15) is 22.0 Å². The Morgan fingerprint density at radius 1 is 0.767 bits per heavy atom. The molecule has 0 N–H and O–H groups in total. The van der Waals surface area contributed by atoms with Crippen molar-refractivity contribution in [2.45, 2.75) is 90.3 Å². The molecule has 0 radical (unpaired) electrons. The van der Waals surface area contributed by atoms with Crippen LogP contribution in [0.3, 0.4) is 0 Å². The van der Waals surface area contributed by atoms with Crippen LogP contribution in [0.4, 0.5) is 22.0 Å². The largest absolute Gasteiger partial charge is 0.573 e. The molecule has 2 aliphatic rings. The molecule has 0 atom stereocenters. The SMILES string of the molecule is CC1CCC(CCC2CCC(CCc3cc(F)c(OC(F)(F)F)c(F)c3)CC2)CC1. The Kier molecular flexibility index (Phi) is 8.03. The Hall–Kier alpha value is -1.33. The summed E-state index contributed by atoms with van der Waals surface area (Å²) >= 11 is 0. The summed E-state index contributed by atoms with van der Waals surface area (Å²) in [6.07, 6.45) is 9.06. The van der Waals surface area contributed by atoms with E-state index in [2.05, 4.69) is 11.7 Å². The first-order valence-corrected chi connectivity index (χ1v) is 11.4. The van der Waals surface area contributed by atoms with Gasteiger partial charge in [0.2, 0.25) is 5.75 Å². The molecule has 0 amide bonds. The number of aryl methyl sites for hydroxylation is 1. The molecular weight excluding hydrogens is 399 g/mol. The maximum atomic E-state index is 13.9. The van der Waals surface area contributed by atoms with Crippen LogP contribution in [0.5, 0.6) is 5.75 Å². The van der Waals surface area contributed by atoms with Gasteiger partial charge in [-0.1, -0.05) is 71.1 Å². The van der Waals surface area contributed by atoms with Crippen molar-refractivity contribution in [2.75, 3.05) is 0 Å². The quantitative estimate of drug-likeness (QED) is 0.395. The zero-order valence-electron chi connectivity index (χ0n) is 17.7. The Morgan fingerprint density at radius 3 is 1.67 bits per heavy atom. The Labute approximate surface area is 176 Å². The van der Waals surface area contributed by atoms with Gasteiger partial charge in [0.05, 0.1) is 0 Å². The summed E-state index contributed by atoms with van der Waals surface area (Å²) in [5.41, 5.74) is 0.383. The smallest absolute Gasteiger partial charge is 0.399 e. The Balaban J connectivity index is 1.39. The minimum Gasteiger partial charge on any atom is -0.399 e. The number of hydrogen-bond donors (Lipinski definition) is 0. The van der Waals surface area contributed by atoms with E-state index in [-0.39, 0.29) is 0 Å². The van der Waals surface area contributed by atoms with Gasteiger partial charge in [-0.15, -0.1) is 13.2 Å². The average Bonchev–Trinajstić information content (AvgIpc) is 2.69. The fourth-order valence-corrected chi connectivity index (χ4v) is 5.24. The van der Waals surface area contributed by atoms with Crippen molar-refractivity contribution in [2.24, 2.45) is 23.7 Å². The number of hydrogen-bond acceptors (Lipinski definition) is 1. The minimum atomic E-state index is -5.11. The van der Waals surface area contributed by atoms with Crippen LogP contribution in [0.1, 0.15) is 83.1 Å². The fraction of sp³-hybridized carbons (Fsp3) is 0.750. The fourth-order valence-electron chi connectivity index (χ4n) is 5.24. The van der Waals surface area contributed by atoms with Gasteiger partial charge in [-0.3, -0.25) is 0 Å². The molecule has 1 nitrogen and oxygen atoms in total. The number of ether oxygens (including phenoxy) is 1. The van der Waals surface area contributed by atoms with E-state index in [1.807, 2.05) is 0 Å². The molecule has 2 aliphatic carbocycles. The van der Waals surface area contributed by atoms with Crippen molar-refractivity contribution < 1.29 is 26.7 Å². The molecule has 0 aliphatic heterocycles. The third kappa shape index (κ3) is 7.12. The van der Waals surface area contributed by atoms with E-state index >= 15 is 0 Å². The number of rotatable bonds is 7. The second-order valence-electron chi connectivity index (χ2n) is 9.57. The predicted octanol–water partition coefficient (Wildman–Crippen LogP) is 8.21. The average molecular weight is 433 g/mol. The van der Waals surface area contributed by atoms with Crippen LogP contribution in [0.15, 0.2) is 12.1 Å². The van der Waals surface area contributed by atoms with Gasteiger partial charge in [-0.25, -0.2) is 8.78 Å². The van der Waals surface area contributed by atoms with Crippen molar-refractivity contribution in [3.8, 4) is 5.75 Å². The molecule has 0 heterocycles. The lowest BCUT2D eigenvalue weighted by molar-refractivity contribution is -0.276. The molecule has 1 aromatic rings. The molecule has 6 heteroatoms. The van der Waals surface area contributed by atoms with E-state index in [4.69, 9.17) is 0 Å². The van der Waals surface area contributed by atoms with Gasteiger partial charge in [0.1, 0.15) is 0 Å².